The molecule has 3 aromatic carbocycles. The van der Waals surface area contributed by atoms with Crippen molar-refractivity contribution in [3.05, 3.63) is 88.0 Å². The number of hydrogen-bond donors (Lipinski definition) is 2. The van der Waals surface area contributed by atoms with E-state index in [9.17, 15) is 27.3 Å². The van der Waals surface area contributed by atoms with Crippen molar-refractivity contribution in [1.29, 1.82) is 0 Å². The number of para-hydroxylation sites is 2. The Morgan fingerprint density at radius 1 is 1.06 bits per heavy atom. The maximum absolute atomic E-state index is 13.7. The van der Waals surface area contributed by atoms with E-state index in [1.165, 1.54) is 13.2 Å². The molecule has 0 saturated heterocycles. The molecule has 32 heavy (non-hydrogen) atoms. The number of benzene rings is 3. The van der Waals surface area contributed by atoms with Crippen molar-refractivity contribution in [1.82, 2.24) is 0 Å². The molecule has 0 aromatic heterocycles. The van der Waals surface area contributed by atoms with Crippen LogP contribution < -0.4 is 14.9 Å². The molecule has 0 spiro atoms. The standard InChI is InChI=1S/C20H16F2N4O5S/c1-31-20-5-3-2-4-18(20)25-32(29,30)15-8-9-17(19(11-15)26(27)28)24-23-12-13-6-7-14(21)10-16(13)22/h2-12,24-25H,1H3/b23-12+. The minimum Gasteiger partial charge on any atom is -0.495 e. The molecule has 2 N–H and O–H groups in total. The lowest BCUT2D eigenvalue weighted by molar-refractivity contribution is -0.384. The summed E-state index contributed by atoms with van der Waals surface area (Å²) in [5, 5.41) is 15.2. The number of sulfonamides is 1. The number of halogens is 2. The predicted octanol–water partition coefficient (Wildman–Crippen LogP) is 4.13. The topological polar surface area (TPSA) is 123 Å². The second-order valence-electron chi connectivity index (χ2n) is 6.28. The molecular formula is C20H16F2N4O5S. The summed E-state index contributed by atoms with van der Waals surface area (Å²) in [7, 11) is -2.81. The smallest absolute Gasteiger partial charge is 0.295 e. The van der Waals surface area contributed by atoms with Gasteiger partial charge in [0, 0.05) is 17.7 Å². The summed E-state index contributed by atoms with van der Waals surface area (Å²) in [6.45, 7) is 0. The number of anilines is 2. The van der Waals surface area contributed by atoms with Crippen molar-refractivity contribution >= 4 is 33.3 Å². The third kappa shape index (κ3) is 5.16. The van der Waals surface area contributed by atoms with Crippen LogP contribution in [0.5, 0.6) is 5.75 Å². The number of nitrogens with zero attached hydrogens (tertiary/aromatic N) is 2. The molecule has 0 unspecified atom stereocenters. The third-order valence-electron chi connectivity index (χ3n) is 4.18. The van der Waals surface area contributed by atoms with E-state index in [2.05, 4.69) is 15.2 Å². The molecule has 0 atom stereocenters. The molecule has 0 saturated carbocycles. The number of hydrogen-bond acceptors (Lipinski definition) is 7. The first-order valence-corrected chi connectivity index (χ1v) is 10.4. The second-order valence-corrected chi connectivity index (χ2v) is 7.96. The first-order chi connectivity index (χ1) is 15.2. The predicted molar refractivity (Wildman–Crippen MR) is 114 cm³/mol. The molecule has 0 radical (unpaired) electrons. The fraction of sp³-hybridized carbons (Fsp3) is 0.0500. The summed E-state index contributed by atoms with van der Waals surface area (Å²) in [4.78, 5) is 10.3. The minimum atomic E-state index is -4.18. The fourth-order valence-corrected chi connectivity index (χ4v) is 3.72. The van der Waals surface area contributed by atoms with Crippen LogP contribution in [0.15, 0.2) is 70.7 Å². The van der Waals surface area contributed by atoms with Crippen LogP contribution in [0.25, 0.3) is 0 Å². The molecule has 3 rings (SSSR count). The molecule has 12 heteroatoms. The largest absolute Gasteiger partial charge is 0.495 e. The highest BCUT2D eigenvalue weighted by atomic mass is 32.2. The van der Waals surface area contributed by atoms with Crippen molar-refractivity contribution in [3.8, 4) is 5.75 Å². The lowest BCUT2D eigenvalue weighted by Crippen LogP contribution is -2.14. The Balaban J connectivity index is 1.87. The van der Waals surface area contributed by atoms with E-state index < -0.39 is 32.3 Å². The lowest BCUT2D eigenvalue weighted by atomic mass is 10.2. The number of methoxy groups -OCH3 is 1. The van der Waals surface area contributed by atoms with Crippen LogP contribution >= 0.6 is 0 Å². The molecule has 0 bridgehead atoms. The Morgan fingerprint density at radius 3 is 2.50 bits per heavy atom. The SMILES string of the molecule is COc1ccccc1NS(=O)(=O)c1ccc(N/N=C/c2ccc(F)cc2F)c([N+](=O)[O-])c1. The van der Waals surface area contributed by atoms with Crippen LogP contribution in [0.2, 0.25) is 0 Å². The van der Waals surface area contributed by atoms with Crippen LogP contribution in [0, 0.1) is 21.7 Å². The van der Waals surface area contributed by atoms with Crippen LogP contribution in [-0.2, 0) is 10.0 Å². The molecule has 166 valence electrons. The van der Waals surface area contributed by atoms with E-state index in [-0.39, 0.29) is 27.6 Å². The van der Waals surface area contributed by atoms with Gasteiger partial charge in [0.05, 0.1) is 28.8 Å². The summed E-state index contributed by atoms with van der Waals surface area (Å²) in [5.41, 5.74) is 1.75. The number of ether oxygens (including phenoxy) is 1. The Kier molecular flexibility index (Phi) is 6.64. The highest BCUT2D eigenvalue weighted by molar-refractivity contribution is 7.92. The van der Waals surface area contributed by atoms with Gasteiger partial charge in [-0.3, -0.25) is 20.3 Å². The van der Waals surface area contributed by atoms with Crippen LogP contribution in [0.4, 0.5) is 25.8 Å². The second kappa shape index (κ2) is 9.39. The van der Waals surface area contributed by atoms with Crippen molar-refractivity contribution < 1.29 is 26.9 Å². The number of nitrogens with one attached hydrogen (secondary N) is 2. The highest BCUT2D eigenvalue weighted by Crippen LogP contribution is 2.30. The first kappa shape index (κ1) is 22.6. The maximum atomic E-state index is 13.7. The number of rotatable bonds is 8. The van der Waals surface area contributed by atoms with Gasteiger partial charge in [-0.1, -0.05) is 12.1 Å². The van der Waals surface area contributed by atoms with E-state index in [4.69, 9.17) is 4.74 Å². The summed E-state index contributed by atoms with van der Waals surface area (Å²) in [6, 6.07) is 12.3. The Morgan fingerprint density at radius 2 is 1.81 bits per heavy atom. The quantitative estimate of drug-likeness (QED) is 0.295. The maximum Gasteiger partial charge on any atom is 0.295 e. The summed E-state index contributed by atoms with van der Waals surface area (Å²) < 4.78 is 59.4. The van der Waals surface area contributed by atoms with Gasteiger partial charge in [0.15, 0.2) is 0 Å². The first-order valence-electron chi connectivity index (χ1n) is 8.89. The van der Waals surface area contributed by atoms with Crippen LogP contribution in [0.3, 0.4) is 0 Å². The van der Waals surface area contributed by atoms with Crippen LogP contribution in [0.1, 0.15) is 5.56 Å². The van der Waals surface area contributed by atoms with E-state index in [0.29, 0.717) is 6.07 Å². The van der Waals surface area contributed by atoms with Gasteiger partial charge < -0.3 is 4.74 Å². The zero-order valence-electron chi connectivity index (χ0n) is 16.5. The number of nitro groups is 1. The minimum absolute atomic E-state index is 0.0539. The summed E-state index contributed by atoms with van der Waals surface area (Å²) in [6.07, 6.45) is 1.01. The van der Waals surface area contributed by atoms with E-state index >= 15 is 0 Å². The zero-order valence-corrected chi connectivity index (χ0v) is 17.3. The molecule has 0 aliphatic rings. The molecular weight excluding hydrogens is 446 g/mol. The molecule has 9 nitrogen and oxygen atoms in total. The van der Waals surface area contributed by atoms with Gasteiger partial charge >= 0.3 is 0 Å². The average molecular weight is 462 g/mol. The van der Waals surface area contributed by atoms with Crippen LogP contribution in [-0.4, -0.2) is 26.7 Å². The van der Waals surface area contributed by atoms with Crippen molar-refractivity contribution in [2.45, 2.75) is 4.90 Å². The normalized spacial score (nSPS) is 11.3. The molecule has 0 amide bonds. The number of hydrazone groups is 1. The fourth-order valence-electron chi connectivity index (χ4n) is 2.63. The van der Waals surface area contributed by atoms with Crippen molar-refractivity contribution in [2.24, 2.45) is 5.10 Å². The molecule has 0 fully saturated rings. The number of nitro benzene ring substituents is 1. The lowest BCUT2D eigenvalue weighted by Gasteiger charge is -2.12. The van der Waals surface area contributed by atoms with Crippen molar-refractivity contribution in [3.63, 3.8) is 0 Å². The average Bonchev–Trinajstić information content (AvgIpc) is 2.75. The monoisotopic (exact) mass is 462 g/mol. The van der Waals surface area contributed by atoms with E-state index in [1.54, 1.807) is 18.2 Å². The van der Waals surface area contributed by atoms with E-state index in [1.807, 2.05) is 0 Å². The Labute approximate surface area is 181 Å². The van der Waals surface area contributed by atoms with Gasteiger partial charge in [-0.2, -0.15) is 5.10 Å². The Bertz CT molecular complexity index is 1300. The Hall–Kier alpha value is -4.06. The van der Waals surface area contributed by atoms with Gasteiger partial charge in [-0.15, -0.1) is 0 Å². The molecule has 3 aromatic rings. The van der Waals surface area contributed by atoms with Gasteiger partial charge in [0.25, 0.3) is 15.7 Å². The zero-order chi connectivity index (χ0) is 23.3. The van der Waals surface area contributed by atoms with Crippen molar-refractivity contribution in [2.75, 3.05) is 17.3 Å². The van der Waals surface area contributed by atoms with Gasteiger partial charge in [-0.05, 0) is 36.4 Å². The summed E-state index contributed by atoms with van der Waals surface area (Å²) in [5.74, 6) is -1.36. The highest BCUT2D eigenvalue weighted by Gasteiger charge is 2.22. The molecule has 0 aliphatic carbocycles. The molecule has 0 aliphatic heterocycles. The van der Waals surface area contributed by atoms with Gasteiger partial charge in [0.2, 0.25) is 0 Å². The summed E-state index contributed by atoms with van der Waals surface area (Å²) >= 11 is 0. The third-order valence-corrected chi connectivity index (χ3v) is 5.54. The molecule has 0 heterocycles. The van der Waals surface area contributed by atoms with Gasteiger partial charge in [0.1, 0.15) is 23.1 Å². The van der Waals surface area contributed by atoms with E-state index in [0.717, 1.165) is 36.5 Å². The van der Waals surface area contributed by atoms with Gasteiger partial charge in [-0.25, -0.2) is 17.2 Å².